The summed E-state index contributed by atoms with van der Waals surface area (Å²) in [5.74, 6) is 1.12. The van der Waals surface area contributed by atoms with Gasteiger partial charge in [0.2, 0.25) is 0 Å². The van der Waals surface area contributed by atoms with Crippen LogP contribution in [0.4, 0.5) is 5.82 Å². The van der Waals surface area contributed by atoms with Gasteiger partial charge in [0, 0.05) is 18.3 Å². The average Bonchev–Trinajstić information content (AvgIpc) is 2.37. The number of aryl methyl sites for hydroxylation is 1. The van der Waals surface area contributed by atoms with E-state index in [9.17, 15) is 13.5 Å². The molecule has 20 heavy (non-hydrogen) atoms. The number of aliphatic hydroxyl groups excluding tert-OH is 1. The van der Waals surface area contributed by atoms with Crippen LogP contribution in [-0.2, 0) is 22.9 Å². The molecule has 1 aromatic rings. The van der Waals surface area contributed by atoms with Gasteiger partial charge in [0.1, 0.15) is 5.82 Å². The Labute approximate surface area is 120 Å². The Hall–Kier alpha value is -1.14. The van der Waals surface area contributed by atoms with Crippen LogP contribution >= 0.6 is 0 Å². The van der Waals surface area contributed by atoms with Crippen LogP contribution in [-0.4, -0.2) is 42.6 Å². The molecule has 0 radical (unpaired) electrons. The Morgan fingerprint density at radius 1 is 1.45 bits per heavy atom. The number of aliphatic hydroxyl groups is 1. The Bertz CT molecular complexity index is 572. The van der Waals surface area contributed by atoms with Gasteiger partial charge in [-0.2, -0.15) is 0 Å². The number of hydrogen-bond donors (Lipinski definition) is 1. The Morgan fingerprint density at radius 3 is 2.80 bits per heavy atom. The molecule has 0 amide bonds. The molecule has 0 aromatic carbocycles. The van der Waals surface area contributed by atoms with Crippen LogP contribution in [0.1, 0.15) is 31.5 Å². The summed E-state index contributed by atoms with van der Waals surface area (Å²) in [6, 6.07) is 3.69. The molecule has 1 aliphatic heterocycles. The minimum atomic E-state index is -2.93. The van der Waals surface area contributed by atoms with Gasteiger partial charge in [-0.1, -0.05) is 13.3 Å². The SMILES string of the molecule is CCCc1cc(CO)cc(N2CCS(=O)(=O)CC2C)n1. The van der Waals surface area contributed by atoms with Gasteiger partial charge in [-0.15, -0.1) is 0 Å². The fourth-order valence-electron chi connectivity index (χ4n) is 2.59. The zero-order valence-electron chi connectivity index (χ0n) is 12.0. The van der Waals surface area contributed by atoms with E-state index in [1.807, 2.05) is 24.0 Å². The first kappa shape index (κ1) is 15.3. The van der Waals surface area contributed by atoms with Crippen molar-refractivity contribution in [1.29, 1.82) is 0 Å². The molecule has 1 atom stereocenters. The minimum absolute atomic E-state index is 0.0211. The summed E-state index contributed by atoms with van der Waals surface area (Å²) in [5.41, 5.74) is 1.79. The van der Waals surface area contributed by atoms with Gasteiger partial charge in [-0.25, -0.2) is 13.4 Å². The second-order valence-corrected chi connectivity index (χ2v) is 7.62. The lowest BCUT2D eigenvalue weighted by atomic mass is 10.1. The molecule has 2 heterocycles. The van der Waals surface area contributed by atoms with Crippen molar-refractivity contribution in [3.63, 3.8) is 0 Å². The Kier molecular flexibility index (Phi) is 4.65. The lowest BCUT2D eigenvalue weighted by Crippen LogP contribution is -2.47. The van der Waals surface area contributed by atoms with Gasteiger partial charge in [0.25, 0.3) is 0 Å². The number of rotatable bonds is 4. The summed E-state index contributed by atoms with van der Waals surface area (Å²) in [4.78, 5) is 6.64. The molecule has 0 spiro atoms. The summed E-state index contributed by atoms with van der Waals surface area (Å²) >= 11 is 0. The third-order valence-corrected chi connectivity index (χ3v) is 5.37. The van der Waals surface area contributed by atoms with Crippen molar-refractivity contribution in [2.45, 2.75) is 39.3 Å². The number of nitrogens with zero attached hydrogens (tertiary/aromatic N) is 2. The maximum Gasteiger partial charge on any atom is 0.154 e. The van der Waals surface area contributed by atoms with E-state index in [0.717, 1.165) is 29.9 Å². The number of hydrogen-bond acceptors (Lipinski definition) is 5. The van der Waals surface area contributed by atoms with Crippen molar-refractivity contribution >= 4 is 15.7 Å². The van der Waals surface area contributed by atoms with Crippen molar-refractivity contribution in [2.24, 2.45) is 0 Å². The lowest BCUT2D eigenvalue weighted by Gasteiger charge is -2.34. The Morgan fingerprint density at radius 2 is 2.20 bits per heavy atom. The summed E-state index contributed by atoms with van der Waals surface area (Å²) < 4.78 is 23.3. The fourth-order valence-corrected chi connectivity index (χ4v) is 4.15. The van der Waals surface area contributed by atoms with Crippen molar-refractivity contribution in [2.75, 3.05) is 23.0 Å². The molecule has 0 saturated carbocycles. The number of anilines is 1. The summed E-state index contributed by atoms with van der Waals surface area (Å²) in [6.07, 6.45) is 1.85. The first-order valence-corrected chi connectivity index (χ1v) is 8.85. The number of pyridine rings is 1. The largest absolute Gasteiger partial charge is 0.392 e. The van der Waals surface area contributed by atoms with Crippen molar-refractivity contribution < 1.29 is 13.5 Å². The monoisotopic (exact) mass is 298 g/mol. The molecular weight excluding hydrogens is 276 g/mol. The molecular formula is C14H22N2O3S. The van der Waals surface area contributed by atoms with Gasteiger partial charge in [-0.05, 0) is 31.0 Å². The zero-order chi connectivity index (χ0) is 14.8. The van der Waals surface area contributed by atoms with Crippen LogP contribution < -0.4 is 4.90 Å². The highest BCUT2D eigenvalue weighted by Gasteiger charge is 2.29. The van der Waals surface area contributed by atoms with Gasteiger partial charge >= 0.3 is 0 Å². The van der Waals surface area contributed by atoms with Gasteiger partial charge in [-0.3, -0.25) is 0 Å². The first-order chi connectivity index (χ1) is 9.45. The lowest BCUT2D eigenvalue weighted by molar-refractivity contribution is 0.281. The van der Waals surface area contributed by atoms with Gasteiger partial charge in [0.05, 0.1) is 18.1 Å². The van der Waals surface area contributed by atoms with Crippen molar-refractivity contribution in [3.8, 4) is 0 Å². The molecule has 0 aliphatic carbocycles. The Balaban J connectivity index is 2.29. The fraction of sp³-hybridized carbons (Fsp3) is 0.643. The molecule has 5 nitrogen and oxygen atoms in total. The van der Waals surface area contributed by atoms with E-state index in [0.29, 0.717) is 6.54 Å². The predicted molar refractivity (Wildman–Crippen MR) is 79.6 cm³/mol. The molecule has 1 aromatic heterocycles. The molecule has 1 saturated heterocycles. The van der Waals surface area contributed by atoms with E-state index in [-0.39, 0.29) is 24.2 Å². The van der Waals surface area contributed by atoms with Crippen LogP contribution in [0.5, 0.6) is 0 Å². The minimum Gasteiger partial charge on any atom is -0.392 e. The topological polar surface area (TPSA) is 70.5 Å². The molecule has 1 fully saturated rings. The van der Waals surface area contributed by atoms with E-state index >= 15 is 0 Å². The molecule has 0 bridgehead atoms. The summed E-state index contributed by atoms with van der Waals surface area (Å²) in [6.45, 7) is 4.44. The maximum atomic E-state index is 11.6. The summed E-state index contributed by atoms with van der Waals surface area (Å²) in [5, 5.41) is 9.36. The van der Waals surface area contributed by atoms with Crippen molar-refractivity contribution in [3.05, 3.63) is 23.4 Å². The predicted octanol–water partition coefficient (Wildman–Crippen LogP) is 1.15. The quantitative estimate of drug-likeness (QED) is 0.903. The van der Waals surface area contributed by atoms with Crippen LogP contribution in [0.15, 0.2) is 12.1 Å². The number of aromatic nitrogens is 1. The van der Waals surface area contributed by atoms with Gasteiger partial charge in [0.15, 0.2) is 9.84 Å². The standard InChI is InChI=1S/C14H22N2O3S/c1-3-4-13-7-12(9-17)8-14(15-13)16-5-6-20(18,19)10-11(16)2/h7-8,11,17H,3-6,9-10H2,1-2H3. The van der Waals surface area contributed by atoms with Crippen LogP contribution in [0.2, 0.25) is 0 Å². The van der Waals surface area contributed by atoms with Crippen molar-refractivity contribution in [1.82, 2.24) is 4.98 Å². The highest BCUT2D eigenvalue weighted by molar-refractivity contribution is 7.91. The third-order valence-electron chi connectivity index (χ3n) is 3.58. The molecule has 112 valence electrons. The molecule has 1 aliphatic rings. The van der Waals surface area contributed by atoms with Crippen LogP contribution in [0.25, 0.3) is 0 Å². The van der Waals surface area contributed by atoms with E-state index in [1.165, 1.54) is 0 Å². The first-order valence-electron chi connectivity index (χ1n) is 7.03. The highest BCUT2D eigenvalue weighted by Crippen LogP contribution is 2.22. The van der Waals surface area contributed by atoms with E-state index in [1.54, 1.807) is 0 Å². The summed E-state index contributed by atoms with van der Waals surface area (Å²) in [7, 11) is -2.93. The molecule has 2 rings (SSSR count). The highest BCUT2D eigenvalue weighted by atomic mass is 32.2. The van der Waals surface area contributed by atoms with Crippen LogP contribution in [0, 0.1) is 0 Å². The van der Waals surface area contributed by atoms with Gasteiger partial charge < -0.3 is 10.0 Å². The second kappa shape index (κ2) is 6.10. The maximum absolute atomic E-state index is 11.6. The molecule has 1 N–H and O–H groups in total. The van der Waals surface area contributed by atoms with E-state index in [2.05, 4.69) is 11.9 Å². The average molecular weight is 298 g/mol. The molecule has 1 unspecified atom stereocenters. The van der Waals surface area contributed by atoms with E-state index < -0.39 is 9.84 Å². The third kappa shape index (κ3) is 3.49. The zero-order valence-corrected chi connectivity index (χ0v) is 12.9. The smallest absolute Gasteiger partial charge is 0.154 e. The van der Waals surface area contributed by atoms with Crippen LogP contribution in [0.3, 0.4) is 0 Å². The molecule has 6 heteroatoms. The second-order valence-electron chi connectivity index (χ2n) is 5.39. The normalized spacial score (nSPS) is 21.9. The number of sulfone groups is 1. The van der Waals surface area contributed by atoms with E-state index in [4.69, 9.17) is 0 Å².